The maximum absolute atomic E-state index is 12.0. The highest BCUT2D eigenvalue weighted by atomic mass is 19.4. The first-order chi connectivity index (χ1) is 9.26. The summed E-state index contributed by atoms with van der Waals surface area (Å²) in [6.07, 6.45) is -4.67. The number of nitrogen functional groups attached to an aromatic ring is 1. The zero-order valence-corrected chi connectivity index (χ0v) is 11.0. The second kappa shape index (κ2) is 5.07. The van der Waals surface area contributed by atoms with E-state index < -0.39 is 6.36 Å². The molecule has 0 bridgehead atoms. The largest absolute Gasteiger partial charge is 0.573 e. The molecule has 108 valence electrons. The van der Waals surface area contributed by atoms with E-state index in [1.807, 2.05) is 6.92 Å². The Bertz CT molecular complexity index is 603. The zero-order chi connectivity index (χ0) is 14.9. The fourth-order valence-corrected chi connectivity index (χ4v) is 1.83. The molecule has 1 aromatic carbocycles. The van der Waals surface area contributed by atoms with Crippen molar-refractivity contribution in [3.63, 3.8) is 0 Å². The number of nitrogens with zero attached hydrogens (tertiary/aromatic N) is 2. The minimum Gasteiger partial charge on any atom is -0.406 e. The Balaban J connectivity index is 2.13. The molecule has 0 saturated carbocycles. The monoisotopic (exact) mass is 285 g/mol. The van der Waals surface area contributed by atoms with Gasteiger partial charge in [-0.2, -0.15) is 5.10 Å². The van der Waals surface area contributed by atoms with Crippen molar-refractivity contribution in [2.24, 2.45) is 0 Å². The van der Waals surface area contributed by atoms with Crippen molar-refractivity contribution >= 4 is 5.69 Å². The van der Waals surface area contributed by atoms with Crippen molar-refractivity contribution in [1.82, 2.24) is 9.78 Å². The fraction of sp³-hybridized carbons (Fsp3) is 0.308. The average Bonchev–Trinajstić information content (AvgIpc) is 2.58. The van der Waals surface area contributed by atoms with E-state index in [4.69, 9.17) is 5.73 Å². The summed E-state index contributed by atoms with van der Waals surface area (Å²) in [7, 11) is 0. The van der Waals surface area contributed by atoms with Gasteiger partial charge in [-0.25, -0.2) is 0 Å². The normalized spacial score (nSPS) is 11.7. The van der Waals surface area contributed by atoms with Crippen LogP contribution in [-0.2, 0) is 6.54 Å². The van der Waals surface area contributed by atoms with Crippen molar-refractivity contribution in [3.8, 4) is 5.75 Å². The molecule has 0 aliphatic carbocycles. The van der Waals surface area contributed by atoms with Crippen LogP contribution in [0.25, 0.3) is 0 Å². The summed E-state index contributed by atoms with van der Waals surface area (Å²) in [5.74, 6) is -0.242. The molecule has 0 atom stereocenters. The molecular weight excluding hydrogens is 271 g/mol. The third kappa shape index (κ3) is 3.23. The van der Waals surface area contributed by atoms with Crippen LogP contribution in [0.1, 0.15) is 17.0 Å². The molecule has 4 nitrogen and oxygen atoms in total. The van der Waals surface area contributed by atoms with E-state index in [1.54, 1.807) is 23.7 Å². The van der Waals surface area contributed by atoms with Gasteiger partial charge < -0.3 is 10.5 Å². The fourth-order valence-electron chi connectivity index (χ4n) is 1.83. The van der Waals surface area contributed by atoms with Crippen molar-refractivity contribution in [1.29, 1.82) is 0 Å². The summed E-state index contributed by atoms with van der Waals surface area (Å²) in [4.78, 5) is 0. The predicted molar refractivity (Wildman–Crippen MR) is 68.3 cm³/mol. The van der Waals surface area contributed by atoms with Gasteiger partial charge in [0.15, 0.2) is 0 Å². The Hall–Kier alpha value is -2.18. The quantitative estimate of drug-likeness (QED) is 0.943. The number of ether oxygens (including phenoxy) is 1. The molecule has 0 aliphatic heterocycles. The maximum Gasteiger partial charge on any atom is 0.573 e. The van der Waals surface area contributed by atoms with Crippen molar-refractivity contribution < 1.29 is 17.9 Å². The first-order valence-electron chi connectivity index (χ1n) is 5.90. The molecule has 0 aliphatic rings. The van der Waals surface area contributed by atoms with Crippen LogP contribution in [0.2, 0.25) is 0 Å². The summed E-state index contributed by atoms with van der Waals surface area (Å²) in [5, 5.41) is 4.27. The van der Waals surface area contributed by atoms with Gasteiger partial charge in [0.2, 0.25) is 0 Å². The highest BCUT2D eigenvalue weighted by molar-refractivity contribution is 5.47. The van der Waals surface area contributed by atoms with E-state index >= 15 is 0 Å². The lowest BCUT2D eigenvalue weighted by atomic mass is 10.2. The van der Waals surface area contributed by atoms with Gasteiger partial charge in [0, 0.05) is 0 Å². The predicted octanol–water partition coefficient (Wildman–Crippen LogP) is 3.03. The number of halogens is 3. The van der Waals surface area contributed by atoms with E-state index in [2.05, 4.69) is 9.84 Å². The molecule has 0 spiro atoms. The summed E-state index contributed by atoms with van der Waals surface area (Å²) in [6, 6.07) is 5.68. The van der Waals surface area contributed by atoms with Crippen LogP contribution >= 0.6 is 0 Å². The number of alkyl halides is 3. The zero-order valence-electron chi connectivity index (χ0n) is 11.0. The number of hydrogen-bond acceptors (Lipinski definition) is 3. The second-order valence-electron chi connectivity index (χ2n) is 4.43. The Kier molecular flexibility index (Phi) is 3.61. The van der Waals surface area contributed by atoms with Crippen LogP contribution in [0.15, 0.2) is 24.3 Å². The molecule has 0 amide bonds. The lowest BCUT2D eigenvalue weighted by molar-refractivity contribution is -0.274. The summed E-state index contributed by atoms with van der Waals surface area (Å²) in [6.45, 7) is 4.09. The van der Waals surface area contributed by atoms with Crippen molar-refractivity contribution in [2.75, 3.05) is 5.73 Å². The molecule has 2 rings (SSSR count). The summed E-state index contributed by atoms with van der Waals surface area (Å²) in [5.41, 5.74) is 8.83. The summed E-state index contributed by atoms with van der Waals surface area (Å²) >= 11 is 0. The molecule has 0 unspecified atom stereocenters. The topological polar surface area (TPSA) is 53.1 Å². The molecule has 0 saturated heterocycles. The maximum atomic E-state index is 12.0. The van der Waals surface area contributed by atoms with Crippen LogP contribution in [0.3, 0.4) is 0 Å². The Morgan fingerprint density at radius 3 is 2.25 bits per heavy atom. The van der Waals surface area contributed by atoms with Gasteiger partial charge in [-0.15, -0.1) is 13.2 Å². The highest BCUT2D eigenvalue weighted by Crippen LogP contribution is 2.23. The van der Waals surface area contributed by atoms with Gasteiger partial charge in [0.05, 0.1) is 23.6 Å². The van der Waals surface area contributed by atoms with Crippen LogP contribution < -0.4 is 10.5 Å². The molecule has 1 aromatic heterocycles. The van der Waals surface area contributed by atoms with Crippen LogP contribution in [-0.4, -0.2) is 16.1 Å². The highest BCUT2D eigenvalue weighted by Gasteiger charge is 2.30. The van der Waals surface area contributed by atoms with Crippen LogP contribution in [0.4, 0.5) is 18.9 Å². The average molecular weight is 285 g/mol. The number of rotatable bonds is 3. The molecule has 2 aromatic rings. The molecule has 1 heterocycles. The minimum absolute atomic E-state index is 0.242. The lowest BCUT2D eigenvalue weighted by Gasteiger charge is -2.09. The van der Waals surface area contributed by atoms with Crippen molar-refractivity contribution in [2.45, 2.75) is 26.8 Å². The third-order valence-electron chi connectivity index (χ3n) is 2.93. The minimum atomic E-state index is -4.67. The van der Waals surface area contributed by atoms with Gasteiger partial charge in [-0.3, -0.25) is 4.68 Å². The number of aryl methyl sites for hydroxylation is 1. The first kappa shape index (κ1) is 14.2. The second-order valence-corrected chi connectivity index (χ2v) is 4.43. The van der Waals surface area contributed by atoms with E-state index in [0.29, 0.717) is 12.2 Å². The Morgan fingerprint density at radius 1 is 1.20 bits per heavy atom. The first-order valence-corrected chi connectivity index (χ1v) is 5.90. The molecule has 0 radical (unpaired) electrons. The standard InChI is InChI=1S/C13H14F3N3O/c1-8-12(17)9(2)19(18-8)7-10-3-5-11(6-4-10)20-13(14,15)16/h3-6H,7,17H2,1-2H3. The van der Waals surface area contributed by atoms with Crippen LogP contribution in [0.5, 0.6) is 5.75 Å². The Labute approximate surface area is 114 Å². The number of nitrogens with two attached hydrogens (primary N) is 1. The number of anilines is 1. The van der Waals surface area contributed by atoms with E-state index in [9.17, 15) is 13.2 Å². The summed E-state index contributed by atoms with van der Waals surface area (Å²) < 4.78 is 41.6. The molecule has 0 fully saturated rings. The van der Waals surface area contributed by atoms with E-state index in [0.717, 1.165) is 17.0 Å². The Morgan fingerprint density at radius 2 is 1.80 bits per heavy atom. The van der Waals surface area contributed by atoms with Gasteiger partial charge in [-0.05, 0) is 31.5 Å². The number of aromatic nitrogens is 2. The number of benzene rings is 1. The third-order valence-corrected chi connectivity index (χ3v) is 2.93. The molecule has 2 N–H and O–H groups in total. The molecular formula is C13H14F3N3O. The van der Waals surface area contributed by atoms with Gasteiger partial charge in [-0.1, -0.05) is 12.1 Å². The van der Waals surface area contributed by atoms with Gasteiger partial charge >= 0.3 is 6.36 Å². The van der Waals surface area contributed by atoms with Gasteiger partial charge in [0.25, 0.3) is 0 Å². The van der Waals surface area contributed by atoms with E-state index in [-0.39, 0.29) is 5.75 Å². The van der Waals surface area contributed by atoms with Crippen LogP contribution in [0, 0.1) is 13.8 Å². The van der Waals surface area contributed by atoms with Crippen molar-refractivity contribution in [3.05, 3.63) is 41.2 Å². The smallest absolute Gasteiger partial charge is 0.406 e. The molecule has 7 heteroatoms. The van der Waals surface area contributed by atoms with E-state index in [1.165, 1.54) is 12.1 Å². The molecule has 20 heavy (non-hydrogen) atoms. The SMILES string of the molecule is Cc1nn(Cc2ccc(OC(F)(F)F)cc2)c(C)c1N. The number of hydrogen-bond donors (Lipinski definition) is 1. The van der Waals surface area contributed by atoms with Gasteiger partial charge in [0.1, 0.15) is 5.75 Å². The lowest BCUT2D eigenvalue weighted by Crippen LogP contribution is -2.17.